The van der Waals surface area contributed by atoms with Crippen LogP contribution in [-0.2, 0) is 14.8 Å². The number of hydrogen-bond donors (Lipinski definition) is 1. The summed E-state index contributed by atoms with van der Waals surface area (Å²) in [5.74, 6) is -0.239. The average Bonchev–Trinajstić information content (AvgIpc) is 3.04. The summed E-state index contributed by atoms with van der Waals surface area (Å²) in [5.41, 5.74) is 0.388. The average molecular weight is 354 g/mol. The standard InChI is InChI=1S/C17H23FN2O3S/c1-11(2)9-24(22,23)20-8-13-7-17(13,10-20)16(21)19-14-4-5-15(18)12(3)6-14/h4-6,11,13H,7-10H2,1-3H3,(H,19,21)/t13-,17-/m1/s1. The molecular weight excluding hydrogens is 331 g/mol. The summed E-state index contributed by atoms with van der Waals surface area (Å²) in [6.45, 7) is 6.05. The van der Waals surface area contributed by atoms with Crippen molar-refractivity contribution in [1.82, 2.24) is 4.31 Å². The number of carbonyl (C=O) groups is 1. The third-order valence-electron chi connectivity index (χ3n) is 4.92. The van der Waals surface area contributed by atoms with Crippen molar-refractivity contribution in [3.05, 3.63) is 29.6 Å². The number of hydrogen-bond acceptors (Lipinski definition) is 3. The maximum atomic E-state index is 13.3. The molecule has 1 N–H and O–H groups in total. The van der Waals surface area contributed by atoms with Crippen LogP contribution in [0.5, 0.6) is 0 Å². The fourth-order valence-corrected chi connectivity index (χ4v) is 5.39. The van der Waals surface area contributed by atoms with E-state index in [9.17, 15) is 17.6 Å². The normalized spacial score (nSPS) is 26.5. The zero-order valence-corrected chi connectivity index (χ0v) is 15.0. The van der Waals surface area contributed by atoms with Gasteiger partial charge in [-0.25, -0.2) is 17.1 Å². The molecular formula is C17H23FN2O3S. The molecule has 2 aliphatic rings. The maximum Gasteiger partial charge on any atom is 0.232 e. The minimum absolute atomic E-state index is 0.0545. The number of piperidine rings is 1. The predicted octanol–water partition coefficient (Wildman–Crippen LogP) is 2.38. The molecule has 1 aliphatic heterocycles. The lowest BCUT2D eigenvalue weighted by atomic mass is 10.1. The first-order valence-electron chi connectivity index (χ1n) is 8.19. The fourth-order valence-electron chi connectivity index (χ4n) is 3.51. The lowest BCUT2D eigenvalue weighted by Crippen LogP contribution is -2.37. The number of sulfonamides is 1. The van der Waals surface area contributed by atoms with E-state index in [4.69, 9.17) is 0 Å². The van der Waals surface area contributed by atoms with Crippen molar-refractivity contribution in [2.75, 3.05) is 24.2 Å². The van der Waals surface area contributed by atoms with Crippen molar-refractivity contribution in [1.29, 1.82) is 0 Å². The Morgan fingerprint density at radius 2 is 2.17 bits per heavy atom. The van der Waals surface area contributed by atoms with Gasteiger partial charge in [-0.2, -0.15) is 0 Å². The van der Waals surface area contributed by atoms with Gasteiger partial charge in [0, 0.05) is 18.8 Å². The summed E-state index contributed by atoms with van der Waals surface area (Å²) >= 11 is 0. The fraction of sp³-hybridized carbons (Fsp3) is 0.588. The van der Waals surface area contributed by atoms with Crippen LogP contribution in [0.2, 0.25) is 0 Å². The smallest absolute Gasteiger partial charge is 0.232 e. The zero-order chi connectivity index (χ0) is 17.7. The highest BCUT2D eigenvalue weighted by Crippen LogP contribution is 2.58. The molecule has 1 aromatic carbocycles. The summed E-state index contributed by atoms with van der Waals surface area (Å²) in [4.78, 5) is 12.6. The van der Waals surface area contributed by atoms with Crippen molar-refractivity contribution in [3.63, 3.8) is 0 Å². The Labute approximate surface area is 142 Å². The molecule has 2 atom stereocenters. The van der Waals surface area contributed by atoms with Crippen LogP contribution in [0.3, 0.4) is 0 Å². The molecule has 2 fully saturated rings. The van der Waals surface area contributed by atoms with Crippen molar-refractivity contribution >= 4 is 21.6 Å². The van der Waals surface area contributed by atoms with Gasteiger partial charge in [0.2, 0.25) is 15.9 Å². The second kappa shape index (κ2) is 5.81. The zero-order valence-electron chi connectivity index (χ0n) is 14.2. The number of fused-ring (bicyclic) bond motifs is 1. The molecule has 0 bridgehead atoms. The number of rotatable bonds is 5. The number of nitrogens with one attached hydrogen (secondary N) is 1. The Hall–Kier alpha value is -1.47. The molecule has 132 valence electrons. The molecule has 0 radical (unpaired) electrons. The maximum absolute atomic E-state index is 13.3. The Kier molecular flexibility index (Phi) is 4.20. The predicted molar refractivity (Wildman–Crippen MR) is 90.5 cm³/mol. The Bertz CT molecular complexity index is 778. The number of benzene rings is 1. The Balaban J connectivity index is 1.70. The number of nitrogens with zero attached hydrogens (tertiary/aromatic N) is 1. The quantitative estimate of drug-likeness (QED) is 0.883. The van der Waals surface area contributed by atoms with Crippen LogP contribution in [0, 0.1) is 30.0 Å². The third-order valence-corrected chi connectivity index (χ3v) is 7.07. The second-order valence-electron chi connectivity index (χ2n) is 7.44. The van der Waals surface area contributed by atoms with Gasteiger partial charge >= 0.3 is 0 Å². The van der Waals surface area contributed by atoms with Crippen LogP contribution in [0.15, 0.2) is 18.2 Å². The summed E-state index contributed by atoms with van der Waals surface area (Å²) in [6.07, 6.45) is 0.715. The first-order valence-corrected chi connectivity index (χ1v) is 9.80. The van der Waals surface area contributed by atoms with E-state index in [0.29, 0.717) is 24.2 Å². The third kappa shape index (κ3) is 3.07. The molecule has 1 amide bonds. The van der Waals surface area contributed by atoms with Gasteiger partial charge < -0.3 is 5.32 Å². The Morgan fingerprint density at radius 1 is 1.46 bits per heavy atom. The number of halogens is 1. The first-order chi connectivity index (χ1) is 11.1. The number of carbonyl (C=O) groups excluding carboxylic acids is 1. The number of aryl methyl sites for hydroxylation is 1. The molecule has 1 aliphatic carbocycles. The van der Waals surface area contributed by atoms with E-state index < -0.39 is 15.4 Å². The minimum Gasteiger partial charge on any atom is -0.326 e. The summed E-state index contributed by atoms with van der Waals surface area (Å²) in [5, 5.41) is 2.82. The first kappa shape index (κ1) is 17.4. The van der Waals surface area contributed by atoms with E-state index in [1.807, 2.05) is 13.8 Å². The topological polar surface area (TPSA) is 66.5 Å². The summed E-state index contributed by atoms with van der Waals surface area (Å²) in [6, 6.07) is 4.43. The van der Waals surface area contributed by atoms with E-state index in [-0.39, 0.29) is 35.9 Å². The van der Waals surface area contributed by atoms with Gasteiger partial charge in [-0.15, -0.1) is 0 Å². The van der Waals surface area contributed by atoms with Crippen molar-refractivity contribution in [2.24, 2.45) is 17.3 Å². The lowest BCUT2D eigenvalue weighted by molar-refractivity contribution is -0.121. The molecule has 24 heavy (non-hydrogen) atoms. The van der Waals surface area contributed by atoms with E-state index in [0.717, 1.165) is 0 Å². The Morgan fingerprint density at radius 3 is 2.79 bits per heavy atom. The summed E-state index contributed by atoms with van der Waals surface area (Å²) < 4.78 is 39.5. The van der Waals surface area contributed by atoms with Gasteiger partial charge in [0.05, 0.1) is 11.2 Å². The molecule has 1 aromatic rings. The van der Waals surface area contributed by atoms with E-state index in [2.05, 4.69) is 5.32 Å². The van der Waals surface area contributed by atoms with Crippen LogP contribution in [-0.4, -0.2) is 37.5 Å². The van der Waals surface area contributed by atoms with Crippen LogP contribution >= 0.6 is 0 Å². The van der Waals surface area contributed by atoms with Crippen LogP contribution in [0.1, 0.15) is 25.8 Å². The van der Waals surface area contributed by atoms with Gasteiger partial charge in [-0.3, -0.25) is 4.79 Å². The lowest BCUT2D eigenvalue weighted by Gasteiger charge is -2.21. The van der Waals surface area contributed by atoms with Crippen LogP contribution in [0.4, 0.5) is 10.1 Å². The van der Waals surface area contributed by atoms with E-state index in [1.165, 1.54) is 16.4 Å². The van der Waals surface area contributed by atoms with Crippen LogP contribution in [0.25, 0.3) is 0 Å². The molecule has 7 heteroatoms. The molecule has 1 saturated carbocycles. The van der Waals surface area contributed by atoms with Gasteiger partial charge in [0.1, 0.15) is 5.82 Å². The van der Waals surface area contributed by atoms with E-state index >= 15 is 0 Å². The molecule has 0 unspecified atom stereocenters. The second-order valence-corrected chi connectivity index (χ2v) is 9.45. The molecule has 0 spiro atoms. The van der Waals surface area contributed by atoms with Gasteiger partial charge in [0.25, 0.3) is 0 Å². The molecule has 3 rings (SSSR count). The molecule has 5 nitrogen and oxygen atoms in total. The van der Waals surface area contributed by atoms with Crippen molar-refractivity contribution in [2.45, 2.75) is 27.2 Å². The number of amides is 1. The van der Waals surface area contributed by atoms with Crippen molar-refractivity contribution in [3.8, 4) is 0 Å². The van der Waals surface area contributed by atoms with Gasteiger partial charge in [-0.05, 0) is 48.9 Å². The molecule has 0 aromatic heterocycles. The van der Waals surface area contributed by atoms with E-state index in [1.54, 1.807) is 13.0 Å². The largest absolute Gasteiger partial charge is 0.326 e. The van der Waals surface area contributed by atoms with Crippen molar-refractivity contribution < 1.29 is 17.6 Å². The highest BCUT2D eigenvalue weighted by atomic mass is 32.2. The summed E-state index contributed by atoms with van der Waals surface area (Å²) in [7, 11) is -3.31. The highest BCUT2D eigenvalue weighted by molar-refractivity contribution is 7.89. The van der Waals surface area contributed by atoms with Crippen LogP contribution < -0.4 is 5.32 Å². The van der Waals surface area contributed by atoms with Gasteiger partial charge in [0.15, 0.2) is 0 Å². The van der Waals surface area contributed by atoms with Gasteiger partial charge in [-0.1, -0.05) is 13.8 Å². The monoisotopic (exact) mass is 354 g/mol. The molecule has 1 saturated heterocycles. The minimum atomic E-state index is -3.31. The highest BCUT2D eigenvalue weighted by Gasteiger charge is 2.66. The molecule has 1 heterocycles. The number of anilines is 1. The SMILES string of the molecule is Cc1cc(NC(=O)[C@@]23C[C@@H]2CN(S(=O)(=O)CC(C)C)C3)ccc1F.